The third-order valence-corrected chi connectivity index (χ3v) is 3.87. The summed E-state index contributed by atoms with van der Waals surface area (Å²) < 4.78 is 14.3. The number of nitrogens with one attached hydrogen (secondary N) is 1. The second-order valence-corrected chi connectivity index (χ2v) is 5.74. The Bertz CT molecular complexity index is 929. The Kier molecular flexibility index (Phi) is 5.09. The van der Waals surface area contributed by atoms with E-state index in [1.807, 2.05) is 0 Å². The molecule has 0 spiro atoms. The van der Waals surface area contributed by atoms with Gasteiger partial charge in [0.1, 0.15) is 23.2 Å². The minimum absolute atomic E-state index is 0.133. The number of pyridine rings is 1. The number of hydrogen-bond acceptors (Lipinski definition) is 4. The molecule has 132 valence electrons. The average molecular weight is 373 g/mol. The Balaban J connectivity index is 2.16. The standard InChI is InChI=1S/C18H14ClFN4O2/c1-2-9-21-18(26)24-13-7-8-14(19)23-17(13)16(22-10-15(24)25)11-5-3-4-6-12(11)20/h2-8H,1,9-10H2,(H,21,26). The lowest BCUT2D eigenvalue weighted by Crippen LogP contribution is -2.45. The van der Waals surface area contributed by atoms with Gasteiger partial charge in [-0.1, -0.05) is 29.8 Å². The predicted octanol–water partition coefficient (Wildman–Crippen LogP) is 2.95. The number of rotatable bonds is 3. The maximum absolute atomic E-state index is 14.3. The molecule has 0 bridgehead atoms. The van der Waals surface area contributed by atoms with Crippen molar-refractivity contribution in [2.75, 3.05) is 18.0 Å². The number of aromatic nitrogens is 1. The van der Waals surface area contributed by atoms with E-state index in [9.17, 15) is 14.0 Å². The maximum Gasteiger partial charge on any atom is 0.329 e. The van der Waals surface area contributed by atoms with Crippen molar-refractivity contribution in [3.05, 3.63) is 71.3 Å². The number of fused-ring (bicyclic) bond motifs is 1. The molecule has 0 fully saturated rings. The van der Waals surface area contributed by atoms with Gasteiger partial charge in [0, 0.05) is 12.1 Å². The van der Waals surface area contributed by atoms with Crippen molar-refractivity contribution in [2.45, 2.75) is 0 Å². The Labute approximate surface area is 154 Å². The number of aliphatic imine (C=N–C) groups is 1. The molecule has 26 heavy (non-hydrogen) atoms. The summed E-state index contributed by atoms with van der Waals surface area (Å²) in [6.45, 7) is 3.37. The number of carbonyl (C=O) groups is 2. The molecule has 2 heterocycles. The highest BCUT2D eigenvalue weighted by molar-refractivity contribution is 6.30. The quantitative estimate of drug-likeness (QED) is 0.665. The molecule has 8 heteroatoms. The first-order valence-electron chi connectivity index (χ1n) is 7.71. The van der Waals surface area contributed by atoms with Crippen LogP contribution >= 0.6 is 11.6 Å². The number of nitrogens with zero attached hydrogens (tertiary/aromatic N) is 3. The lowest BCUT2D eigenvalue weighted by Gasteiger charge is -2.21. The zero-order valence-corrected chi connectivity index (χ0v) is 14.3. The van der Waals surface area contributed by atoms with E-state index < -0.39 is 17.8 Å². The Morgan fingerprint density at radius 2 is 2.12 bits per heavy atom. The first-order valence-corrected chi connectivity index (χ1v) is 8.08. The second kappa shape index (κ2) is 7.45. The van der Waals surface area contributed by atoms with Crippen LogP contribution in [0.1, 0.15) is 11.3 Å². The van der Waals surface area contributed by atoms with E-state index in [-0.39, 0.29) is 40.9 Å². The number of amides is 3. The second-order valence-electron chi connectivity index (χ2n) is 5.35. The fourth-order valence-corrected chi connectivity index (χ4v) is 2.68. The summed E-state index contributed by atoms with van der Waals surface area (Å²) in [7, 11) is 0. The smallest absolute Gasteiger partial charge is 0.329 e. The van der Waals surface area contributed by atoms with E-state index in [1.165, 1.54) is 30.3 Å². The largest absolute Gasteiger partial charge is 0.334 e. The summed E-state index contributed by atoms with van der Waals surface area (Å²) in [6, 6.07) is 8.28. The molecule has 0 unspecified atom stereocenters. The molecule has 0 saturated heterocycles. The Morgan fingerprint density at radius 1 is 1.35 bits per heavy atom. The van der Waals surface area contributed by atoms with Crippen LogP contribution in [0, 0.1) is 5.82 Å². The number of hydrogen-bond donors (Lipinski definition) is 1. The number of anilines is 1. The van der Waals surface area contributed by atoms with Crippen molar-refractivity contribution in [3.63, 3.8) is 0 Å². The van der Waals surface area contributed by atoms with E-state index >= 15 is 0 Å². The highest BCUT2D eigenvalue weighted by atomic mass is 35.5. The number of carbonyl (C=O) groups excluding carboxylic acids is 2. The molecule has 2 aromatic rings. The van der Waals surface area contributed by atoms with Gasteiger partial charge >= 0.3 is 6.03 Å². The molecule has 1 aromatic carbocycles. The molecule has 6 nitrogen and oxygen atoms in total. The van der Waals surface area contributed by atoms with Crippen LogP contribution in [0.25, 0.3) is 0 Å². The summed E-state index contributed by atoms with van der Waals surface area (Å²) in [4.78, 5) is 34.3. The Hall–Kier alpha value is -3.06. The van der Waals surface area contributed by atoms with Crippen LogP contribution in [-0.4, -0.2) is 35.7 Å². The lowest BCUT2D eigenvalue weighted by atomic mass is 10.0. The molecule has 1 aliphatic rings. The summed E-state index contributed by atoms with van der Waals surface area (Å²) in [5, 5.41) is 2.68. The fourth-order valence-electron chi connectivity index (χ4n) is 2.54. The zero-order valence-electron chi connectivity index (χ0n) is 13.6. The van der Waals surface area contributed by atoms with Gasteiger partial charge < -0.3 is 5.32 Å². The molecule has 0 aliphatic carbocycles. The van der Waals surface area contributed by atoms with Crippen molar-refractivity contribution < 1.29 is 14.0 Å². The summed E-state index contributed by atoms with van der Waals surface area (Å²) in [5.74, 6) is -1.08. The normalized spacial score (nSPS) is 13.5. The van der Waals surface area contributed by atoms with Crippen LogP contribution in [-0.2, 0) is 4.79 Å². The van der Waals surface area contributed by atoms with Crippen molar-refractivity contribution in [1.29, 1.82) is 0 Å². The van der Waals surface area contributed by atoms with Crippen molar-refractivity contribution in [3.8, 4) is 0 Å². The average Bonchev–Trinajstić information content (AvgIpc) is 2.76. The van der Waals surface area contributed by atoms with Gasteiger partial charge in [-0.15, -0.1) is 6.58 Å². The maximum atomic E-state index is 14.3. The SMILES string of the molecule is C=CCNC(=O)N1C(=O)CN=C(c2ccccc2F)c2nc(Cl)ccc21. The zero-order chi connectivity index (χ0) is 18.7. The van der Waals surface area contributed by atoms with Crippen LogP contribution in [0.15, 0.2) is 54.0 Å². The molecule has 0 saturated carbocycles. The third kappa shape index (κ3) is 3.34. The van der Waals surface area contributed by atoms with Crippen molar-refractivity contribution in [1.82, 2.24) is 10.3 Å². The number of urea groups is 1. The molecule has 0 radical (unpaired) electrons. The number of imide groups is 1. The molecule has 1 aromatic heterocycles. The highest BCUT2D eigenvalue weighted by Gasteiger charge is 2.31. The molecule has 1 aliphatic heterocycles. The summed E-state index contributed by atoms with van der Waals surface area (Å²) in [5.41, 5.74) is 0.667. The molecule has 1 N–H and O–H groups in total. The number of halogens is 2. The molecular weight excluding hydrogens is 359 g/mol. The highest BCUT2D eigenvalue weighted by Crippen LogP contribution is 2.28. The van der Waals surface area contributed by atoms with Gasteiger partial charge in [0.2, 0.25) is 0 Å². The monoisotopic (exact) mass is 372 g/mol. The van der Waals surface area contributed by atoms with Gasteiger partial charge in [0.05, 0.1) is 11.4 Å². The predicted molar refractivity (Wildman–Crippen MR) is 97.2 cm³/mol. The van der Waals surface area contributed by atoms with Crippen LogP contribution in [0.2, 0.25) is 5.15 Å². The molecule has 0 atom stereocenters. The molecule has 3 amide bonds. The van der Waals surface area contributed by atoms with Crippen LogP contribution in [0.4, 0.5) is 14.9 Å². The van der Waals surface area contributed by atoms with E-state index in [1.54, 1.807) is 12.1 Å². The van der Waals surface area contributed by atoms with Gasteiger partial charge in [-0.25, -0.2) is 19.1 Å². The van der Waals surface area contributed by atoms with E-state index in [2.05, 4.69) is 21.9 Å². The minimum atomic E-state index is -0.648. The first-order chi connectivity index (χ1) is 12.5. The van der Waals surface area contributed by atoms with Gasteiger partial charge in [0.25, 0.3) is 5.91 Å². The Morgan fingerprint density at radius 3 is 2.85 bits per heavy atom. The lowest BCUT2D eigenvalue weighted by molar-refractivity contribution is -0.116. The first kappa shape index (κ1) is 17.8. The van der Waals surface area contributed by atoms with Gasteiger partial charge in [-0.2, -0.15) is 0 Å². The van der Waals surface area contributed by atoms with Crippen LogP contribution in [0.3, 0.4) is 0 Å². The third-order valence-electron chi connectivity index (χ3n) is 3.66. The van der Waals surface area contributed by atoms with E-state index in [0.29, 0.717) is 0 Å². The van der Waals surface area contributed by atoms with Gasteiger partial charge in [0.15, 0.2) is 0 Å². The topological polar surface area (TPSA) is 74.7 Å². The van der Waals surface area contributed by atoms with Crippen molar-refractivity contribution >= 4 is 34.9 Å². The van der Waals surface area contributed by atoms with Crippen molar-refractivity contribution in [2.24, 2.45) is 4.99 Å². The van der Waals surface area contributed by atoms with E-state index in [0.717, 1.165) is 4.90 Å². The van der Waals surface area contributed by atoms with Gasteiger partial charge in [-0.05, 0) is 24.3 Å². The fraction of sp³-hybridized carbons (Fsp3) is 0.111. The van der Waals surface area contributed by atoms with Gasteiger partial charge in [-0.3, -0.25) is 9.79 Å². The molecular formula is C18H14ClFN4O2. The van der Waals surface area contributed by atoms with Crippen LogP contribution < -0.4 is 10.2 Å². The van der Waals surface area contributed by atoms with E-state index in [4.69, 9.17) is 11.6 Å². The summed E-state index contributed by atoms with van der Waals surface area (Å²) >= 11 is 5.99. The molecule has 3 rings (SSSR count). The number of benzene rings is 1. The minimum Gasteiger partial charge on any atom is -0.334 e. The van der Waals surface area contributed by atoms with Crippen LogP contribution in [0.5, 0.6) is 0 Å². The summed E-state index contributed by atoms with van der Waals surface area (Å²) in [6.07, 6.45) is 1.49.